The number of rotatable bonds is 2. The van der Waals surface area contributed by atoms with Gasteiger partial charge < -0.3 is 9.30 Å². The monoisotopic (exact) mass is 348 g/mol. The van der Waals surface area contributed by atoms with Crippen molar-refractivity contribution in [2.75, 3.05) is 7.11 Å². The van der Waals surface area contributed by atoms with Crippen molar-refractivity contribution in [3.63, 3.8) is 0 Å². The van der Waals surface area contributed by atoms with Gasteiger partial charge in [0.1, 0.15) is 5.75 Å². The summed E-state index contributed by atoms with van der Waals surface area (Å²) < 4.78 is 8.27. The van der Waals surface area contributed by atoms with E-state index < -0.39 is 0 Å². The maximum Gasteiger partial charge on any atom is 0.279 e. The summed E-state index contributed by atoms with van der Waals surface area (Å²) >= 11 is 1.52. The molecule has 1 heterocycles. The molecule has 25 heavy (non-hydrogen) atoms. The van der Waals surface area contributed by atoms with Gasteiger partial charge in [0, 0.05) is 18.0 Å². The second-order valence-corrected chi connectivity index (χ2v) is 6.74. The Hall–Kier alpha value is -2.92. The van der Waals surface area contributed by atoms with Gasteiger partial charge in [-0.15, -0.1) is 0 Å². The van der Waals surface area contributed by atoms with Crippen LogP contribution in [0.4, 0.5) is 0 Å². The molecule has 0 aliphatic heterocycles. The van der Waals surface area contributed by atoms with Crippen molar-refractivity contribution >= 4 is 38.2 Å². The van der Waals surface area contributed by atoms with Gasteiger partial charge in [-0.1, -0.05) is 47.7 Å². The standard InChI is InChI=1S/C20H16N2O2S/c1-22-18-16-9-4-3-6-13(16)10-11-17(18)25-20(22)21-19(23)14-7-5-8-15(12-14)24-2/h3-12H,1-2H3. The summed E-state index contributed by atoms with van der Waals surface area (Å²) in [5, 5.41) is 2.34. The van der Waals surface area contributed by atoms with Gasteiger partial charge in [-0.05, 0) is 29.7 Å². The van der Waals surface area contributed by atoms with Crippen LogP contribution in [0.3, 0.4) is 0 Å². The molecular weight excluding hydrogens is 332 g/mol. The van der Waals surface area contributed by atoms with Gasteiger partial charge in [0.2, 0.25) is 0 Å². The first-order valence-corrected chi connectivity index (χ1v) is 8.69. The zero-order chi connectivity index (χ0) is 17.4. The minimum atomic E-state index is -0.273. The lowest BCUT2D eigenvalue weighted by Crippen LogP contribution is -2.13. The van der Waals surface area contributed by atoms with E-state index in [1.54, 1.807) is 25.3 Å². The van der Waals surface area contributed by atoms with E-state index >= 15 is 0 Å². The summed E-state index contributed by atoms with van der Waals surface area (Å²) in [5.41, 5.74) is 1.61. The third kappa shape index (κ3) is 2.72. The largest absolute Gasteiger partial charge is 0.497 e. The molecule has 1 amide bonds. The van der Waals surface area contributed by atoms with Crippen LogP contribution in [0.25, 0.3) is 21.0 Å². The Morgan fingerprint density at radius 1 is 1.08 bits per heavy atom. The Labute approximate surface area is 148 Å². The van der Waals surface area contributed by atoms with E-state index in [0.717, 1.165) is 15.6 Å². The van der Waals surface area contributed by atoms with Gasteiger partial charge in [-0.25, -0.2) is 0 Å². The normalized spacial score (nSPS) is 12.0. The van der Waals surface area contributed by atoms with E-state index in [-0.39, 0.29) is 5.91 Å². The van der Waals surface area contributed by atoms with Gasteiger partial charge in [0.15, 0.2) is 4.80 Å². The van der Waals surface area contributed by atoms with Crippen LogP contribution in [0, 0.1) is 0 Å². The van der Waals surface area contributed by atoms with Crippen molar-refractivity contribution in [2.45, 2.75) is 0 Å². The van der Waals surface area contributed by atoms with E-state index in [0.29, 0.717) is 16.1 Å². The number of thiazole rings is 1. The Balaban J connectivity index is 1.88. The number of nitrogens with zero attached hydrogens (tertiary/aromatic N) is 2. The number of carbonyl (C=O) groups excluding carboxylic acids is 1. The lowest BCUT2D eigenvalue weighted by Gasteiger charge is -2.02. The van der Waals surface area contributed by atoms with E-state index in [4.69, 9.17) is 4.74 Å². The van der Waals surface area contributed by atoms with Gasteiger partial charge in [0.05, 0.1) is 17.3 Å². The molecule has 1 aromatic heterocycles. The Bertz CT molecular complexity index is 1170. The zero-order valence-electron chi connectivity index (χ0n) is 13.9. The van der Waals surface area contributed by atoms with Crippen LogP contribution in [0.15, 0.2) is 65.7 Å². The molecule has 124 valence electrons. The zero-order valence-corrected chi connectivity index (χ0v) is 14.7. The Kier molecular flexibility index (Phi) is 3.86. The minimum absolute atomic E-state index is 0.273. The number of carbonyl (C=O) groups is 1. The first-order chi connectivity index (χ1) is 12.2. The minimum Gasteiger partial charge on any atom is -0.497 e. The number of benzene rings is 3. The molecule has 0 spiro atoms. The summed E-state index contributed by atoms with van der Waals surface area (Å²) in [6, 6.07) is 19.5. The summed E-state index contributed by atoms with van der Waals surface area (Å²) in [5.74, 6) is 0.373. The summed E-state index contributed by atoms with van der Waals surface area (Å²) in [6.45, 7) is 0. The second kappa shape index (κ2) is 6.18. The average molecular weight is 348 g/mol. The SMILES string of the molecule is COc1cccc(C(=O)N=c2sc3ccc4ccccc4c3n2C)c1. The smallest absolute Gasteiger partial charge is 0.279 e. The molecule has 5 heteroatoms. The molecule has 0 atom stereocenters. The highest BCUT2D eigenvalue weighted by Crippen LogP contribution is 2.26. The van der Waals surface area contributed by atoms with E-state index in [9.17, 15) is 4.79 Å². The maximum absolute atomic E-state index is 12.5. The molecule has 0 N–H and O–H groups in total. The van der Waals surface area contributed by atoms with Crippen molar-refractivity contribution in [2.24, 2.45) is 12.0 Å². The summed E-state index contributed by atoms with van der Waals surface area (Å²) in [6.07, 6.45) is 0. The predicted octanol–water partition coefficient (Wildman–Crippen LogP) is 4.14. The third-order valence-corrected chi connectivity index (χ3v) is 5.30. The van der Waals surface area contributed by atoms with Crippen LogP contribution in [0.5, 0.6) is 5.75 Å². The Morgan fingerprint density at radius 2 is 1.92 bits per heavy atom. The lowest BCUT2D eigenvalue weighted by atomic mass is 10.1. The molecule has 0 aliphatic carbocycles. The lowest BCUT2D eigenvalue weighted by molar-refractivity contribution is 0.0997. The van der Waals surface area contributed by atoms with Gasteiger partial charge in [0.25, 0.3) is 5.91 Å². The average Bonchev–Trinajstić information content (AvgIpc) is 2.98. The van der Waals surface area contributed by atoms with Gasteiger partial charge >= 0.3 is 0 Å². The maximum atomic E-state index is 12.5. The van der Waals surface area contributed by atoms with Crippen LogP contribution in [0.1, 0.15) is 10.4 Å². The van der Waals surface area contributed by atoms with Crippen molar-refractivity contribution in [1.82, 2.24) is 4.57 Å². The molecule has 4 aromatic rings. The second-order valence-electron chi connectivity index (χ2n) is 5.73. The highest BCUT2D eigenvalue weighted by molar-refractivity contribution is 7.16. The quantitative estimate of drug-likeness (QED) is 0.546. The Morgan fingerprint density at radius 3 is 2.76 bits per heavy atom. The molecule has 0 bridgehead atoms. The van der Waals surface area contributed by atoms with E-state index in [1.807, 2.05) is 29.8 Å². The molecule has 3 aromatic carbocycles. The number of ether oxygens (including phenoxy) is 1. The molecule has 4 nitrogen and oxygen atoms in total. The molecule has 0 saturated carbocycles. The number of aromatic nitrogens is 1. The fourth-order valence-electron chi connectivity index (χ4n) is 2.93. The van der Waals surface area contributed by atoms with E-state index in [2.05, 4.69) is 29.3 Å². The van der Waals surface area contributed by atoms with Gasteiger partial charge in [-0.3, -0.25) is 4.79 Å². The number of fused-ring (bicyclic) bond motifs is 3. The van der Waals surface area contributed by atoms with Crippen LogP contribution in [0.2, 0.25) is 0 Å². The van der Waals surface area contributed by atoms with E-state index in [1.165, 1.54) is 16.7 Å². The molecule has 0 aliphatic rings. The van der Waals surface area contributed by atoms with Crippen LogP contribution >= 0.6 is 11.3 Å². The van der Waals surface area contributed by atoms with Crippen molar-refractivity contribution in [1.29, 1.82) is 0 Å². The summed E-state index contributed by atoms with van der Waals surface area (Å²) in [4.78, 5) is 17.6. The van der Waals surface area contributed by atoms with Crippen molar-refractivity contribution in [3.8, 4) is 5.75 Å². The number of hydrogen-bond acceptors (Lipinski definition) is 3. The van der Waals surface area contributed by atoms with Crippen LogP contribution < -0.4 is 9.54 Å². The number of aryl methyl sites for hydroxylation is 1. The fraction of sp³-hybridized carbons (Fsp3) is 0.100. The number of methoxy groups -OCH3 is 1. The predicted molar refractivity (Wildman–Crippen MR) is 101 cm³/mol. The fourth-order valence-corrected chi connectivity index (χ4v) is 3.96. The molecule has 4 rings (SSSR count). The third-order valence-electron chi connectivity index (χ3n) is 4.20. The van der Waals surface area contributed by atoms with Gasteiger partial charge in [-0.2, -0.15) is 4.99 Å². The topological polar surface area (TPSA) is 43.6 Å². The molecule has 0 fully saturated rings. The molecular formula is C20H16N2O2S. The molecule has 0 saturated heterocycles. The van der Waals surface area contributed by atoms with Crippen LogP contribution in [-0.2, 0) is 7.05 Å². The summed E-state index contributed by atoms with van der Waals surface area (Å²) in [7, 11) is 3.53. The van der Waals surface area contributed by atoms with Crippen LogP contribution in [-0.4, -0.2) is 17.6 Å². The first-order valence-electron chi connectivity index (χ1n) is 7.88. The first kappa shape index (κ1) is 15.6. The molecule has 0 radical (unpaired) electrons. The van der Waals surface area contributed by atoms with Crippen molar-refractivity contribution < 1.29 is 9.53 Å². The number of hydrogen-bond donors (Lipinski definition) is 0. The molecule has 0 unspecified atom stereocenters. The highest BCUT2D eigenvalue weighted by Gasteiger charge is 2.10. The number of amides is 1. The highest BCUT2D eigenvalue weighted by atomic mass is 32.1. The van der Waals surface area contributed by atoms with Crippen molar-refractivity contribution in [3.05, 3.63) is 71.0 Å².